The molecule has 0 bridgehead atoms. The SMILES string of the molecule is CC1CN(S(=O)(=O)c2ccc(CC(N)=S)cc2)CCCO1. The Morgan fingerprint density at radius 2 is 2.10 bits per heavy atom. The molecule has 0 aromatic heterocycles. The third-order valence-electron chi connectivity index (χ3n) is 3.35. The molecule has 1 aromatic rings. The molecule has 1 atom stereocenters. The Morgan fingerprint density at radius 3 is 2.71 bits per heavy atom. The number of thiocarbonyl (C=S) groups is 1. The lowest BCUT2D eigenvalue weighted by atomic mass is 10.1. The first-order valence-corrected chi connectivity index (χ1v) is 8.73. The van der Waals surface area contributed by atoms with Crippen molar-refractivity contribution in [1.82, 2.24) is 4.31 Å². The normalized spacial score (nSPS) is 20.9. The molecule has 1 aliphatic rings. The van der Waals surface area contributed by atoms with Crippen LogP contribution >= 0.6 is 12.2 Å². The summed E-state index contributed by atoms with van der Waals surface area (Å²) in [5, 5.41) is 0. The van der Waals surface area contributed by atoms with Gasteiger partial charge in [-0.2, -0.15) is 4.31 Å². The van der Waals surface area contributed by atoms with Crippen molar-refractivity contribution < 1.29 is 13.2 Å². The van der Waals surface area contributed by atoms with Gasteiger partial charge in [0.2, 0.25) is 10.0 Å². The topological polar surface area (TPSA) is 72.6 Å². The Labute approximate surface area is 131 Å². The van der Waals surface area contributed by atoms with E-state index >= 15 is 0 Å². The van der Waals surface area contributed by atoms with Crippen LogP contribution in [0, 0.1) is 0 Å². The van der Waals surface area contributed by atoms with E-state index in [0.29, 0.717) is 42.4 Å². The fourth-order valence-electron chi connectivity index (χ4n) is 2.30. The van der Waals surface area contributed by atoms with Gasteiger partial charge in [0.15, 0.2) is 0 Å². The number of sulfonamides is 1. The second kappa shape index (κ2) is 6.83. The van der Waals surface area contributed by atoms with Crippen LogP contribution in [0.25, 0.3) is 0 Å². The number of hydrogen-bond acceptors (Lipinski definition) is 4. The van der Waals surface area contributed by atoms with Gasteiger partial charge in [0.1, 0.15) is 0 Å². The van der Waals surface area contributed by atoms with Gasteiger partial charge in [-0.25, -0.2) is 8.42 Å². The second-order valence-corrected chi connectivity index (χ2v) is 7.65. The lowest BCUT2D eigenvalue weighted by molar-refractivity contribution is 0.0752. The van der Waals surface area contributed by atoms with Crippen molar-refractivity contribution >= 4 is 27.2 Å². The molecule has 1 aromatic carbocycles. The molecule has 5 nitrogen and oxygen atoms in total. The molecule has 7 heteroatoms. The van der Waals surface area contributed by atoms with Crippen LogP contribution in [0.2, 0.25) is 0 Å². The lowest BCUT2D eigenvalue weighted by Gasteiger charge is -2.21. The molecule has 1 aliphatic heterocycles. The fraction of sp³-hybridized carbons (Fsp3) is 0.500. The van der Waals surface area contributed by atoms with Gasteiger partial charge < -0.3 is 10.5 Å². The highest BCUT2D eigenvalue weighted by Crippen LogP contribution is 2.19. The molecule has 0 amide bonds. The zero-order chi connectivity index (χ0) is 15.5. The van der Waals surface area contributed by atoms with Crippen molar-refractivity contribution in [1.29, 1.82) is 0 Å². The fourth-order valence-corrected chi connectivity index (χ4v) is 4.02. The zero-order valence-electron chi connectivity index (χ0n) is 12.0. The third kappa shape index (κ3) is 4.23. The maximum Gasteiger partial charge on any atom is 0.243 e. The average molecular weight is 328 g/mol. The van der Waals surface area contributed by atoms with Crippen molar-refractivity contribution in [3.05, 3.63) is 29.8 Å². The van der Waals surface area contributed by atoms with Crippen LogP contribution < -0.4 is 5.73 Å². The van der Waals surface area contributed by atoms with Gasteiger partial charge in [0, 0.05) is 26.1 Å². The Balaban J connectivity index is 2.20. The van der Waals surface area contributed by atoms with E-state index in [2.05, 4.69) is 0 Å². The molecule has 0 aliphatic carbocycles. The summed E-state index contributed by atoms with van der Waals surface area (Å²) in [5.41, 5.74) is 6.40. The Hall–Kier alpha value is -1.02. The quantitative estimate of drug-likeness (QED) is 0.844. The zero-order valence-corrected chi connectivity index (χ0v) is 13.6. The highest BCUT2D eigenvalue weighted by atomic mass is 32.2. The minimum Gasteiger partial charge on any atom is -0.393 e. The van der Waals surface area contributed by atoms with Crippen molar-refractivity contribution in [3.63, 3.8) is 0 Å². The van der Waals surface area contributed by atoms with Crippen molar-refractivity contribution in [2.75, 3.05) is 19.7 Å². The van der Waals surface area contributed by atoms with E-state index in [1.54, 1.807) is 24.3 Å². The van der Waals surface area contributed by atoms with E-state index < -0.39 is 10.0 Å². The van der Waals surface area contributed by atoms with E-state index in [9.17, 15) is 8.42 Å². The predicted octanol–water partition coefficient (Wildman–Crippen LogP) is 1.31. The van der Waals surface area contributed by atoms with Gasteiger partial charge in [0.25, 0.3) is 0 Å². The minimum absolute atomic E-state index is 0.0869. The number of benzene rings is 1. The molecule has 21 heavy (non-hydrogen) atoms. The average Bonchev–Trinajstić information content (AvgIpc) is 2.64. The van der Waals surface area contributed by atoms with Gasteiger partial charge in [-0.3, -0.25) is 0 Å². The maximum absolute atomic E-state index is 12.6. The minimum atomic E-state index is -3.47. The predicted molar refractivity (Wildman–Crippen MR) is 85.7 cm³/mol. The van der Waals surface area contributed by atoms with Crippen LogP contribution in [0.5, 0.6) is 0 Å². The number of nitrogens with two attached hydrogens (primary N) is 1. The highest BCUT2D eigenvalue weighted by Gasteiger charge is 2.27. The van der Waals surface area contributed by atoms with Crippen molar-refractivity contribution in [2.45, 2.75) is 30.8 Å². The van der Waals surface area contributed by atoms with E-state index in [0.717, 1.165) is 5.56 Å². The summed E-state index contributed by atoms with van der Waals surface area (Å²) in [7, 11) is -3.47. The summed E-state index contributed by atoms with van der Waals surface area (Å²) in [6.07, 6.45) is 1.10. The molecule has 116 valence electrons. The molecule has 2 rings (SSSR count). The van der Waals surface area contributed by atoms with Crippen molar-refractivity contribution in [2.24, 2.45) is 5.73 Å². The van der Waals surface area contributed by atoms with Crippen LogP contribution in [0.3, 0.4) is 0 Å². The number of nitrogens with zero attached hydrogens (tertiary/aromatic N) is 1. The monoisotopic (exact) mass is 328 g/mol. The Bertz CT molecular complexity index is 599. The van der Waals surface area contributed by atoms with Crippen LogP contribution in [0.1, 0.15) is 18.9 Å². The van der Waals surface area contributed by atoms with Crippen molar-refractivity contribution in [3.8, 4) is 0 Å². The first-order valence-electron chi connectivity index (χ1n) is 6.88. The van der Waals surface area contributed by atoms with Gasteiger partial charge >= 0.3 is 0 Å². The first kappa shape index (κ1) is 16.4. The Morgan fingerprint density at radius 1 is 1.43 bits per heavy atom. The number of ether oxygens (including phenoxy) is 1. The summed E-state index contributed by atoms with van der Waals surface area (Å²) in [6.45, 7) is 3.36. The second-order valence-electron chi connectivity index (χ2n) is 5.19. The largest absolute Gasteiger partial charge is 0.393 e. The maximum atomic E-state index is 12.6. The summed E-state index contributed by atoms with van der Waals surface area (Å²) >= 11 is 4.85. The molecule has 1 heterocycles. The van der Waals surface area contributed by atoms with E-state index in [4.69, 9.17) is 22.7 Å². The molecule has 0 saturated carbocycles. The van der Waals surface area contributed by atoms with Crippen LogP contribution in [-0.4, -0.2) is 43.5 Å². The smallest absolute Gasteiger partial charge is 0.243 e. The molecule has 0 spiro atoms. The van der Waals surface area contributed by atoms with E-state index in [1.165, 1.54) is 4.31 Å². The Kier molecular flexibility index (Phi) is 5.32. The summed E-state index contributed by atoms with van der Waals surface area (Å²) in [4.78, 5) is 0.687. The van der Waals surface area contributed by atoms with Gasteiger partial charge in [-0.1, -0.05) is 24.4 Å². The van der Waals surface area contributed by atoms with E-state index in [-0.39, 0.29) is 6.10 Å². The molecule has 0 radical (unpaired) electrons. The molecule has 1 fully saturated rings. The molecule has 1 unspecified atom stereocenters. The van der Waals surface area contributed by atoms with Crippen LogP contribution in [-0.2, 0) is 21.2 Å². The summed E-state index contributed by atoms with van der Waals surface area (Å²) in [6, 6.07) is 6.73. The van der Waals surface area contributed by atoms with Gasteiger partial charge in [-0.05, 0) is 31.0 Å². The lowest BCUT2D eigenvalue weighted by Crippen LogP contribution is -2.35. The van der Waals surface area contributed by atoms with Crippen LogP contribution in [0.15, 0.2) is 29.2 Å². The number of rotatable bonds is 4. The van der Waals surface area contributed by atoms with E-state index in [1.807, 2.05) is 6.92 Å². The van der Waals surface area contributed by atoms with Gasteiger partial charge in [-0.15, -0.1) is 0 Å². The van der Waals surface area contributed by atoms with Crippen LogP contribution in [0.4, 0.5) is 0 Å². The summed E-state index contributed by atoms with van der Waals surface area (Å²) < 4.78 is 32.3. The molecule has 2 N–H and O–H groups in total. The molecular formula is C14H20N2O3S2. The highest BCUT2D eigenvalue weighted by molar-refractivity contribution is 7.89. The third-order valence-corrected chi connectivity index (χ3v) is 5.38. The van der Waals surface area contributed by atoms with Gasteiger partial charge in [0.05, 0.1) is 16.0 Å². The molecular weight excluding hydrogens is 308 g/mol. The summed E-state index contributed by atoms with van der Waals surface area (Å²) in [5.74, 6) is 0. The first-order chi connectivity index (χ1) is 9.89. The molecule has 1 saturated heterocycles. The standard InChI is InChI=1S/C14H20N2O3S2/c1-11-10-16(7-2-8-19-11)21(17,18)13-5-3-12(4-6-13)9-14(15)20/h3-6,11H,2,7-10H2,1H3,(H2,15,20). The number of hydrogen-bond donors (Lipinski definition) is 1.